The van der Waals surface area contributed by atoms with E-state index in [1.165, 1.54) is 0 Å². The molecule has 0 saturated heterocycles. The predicted octanol–water partition coefficient (Wildman–Crippen LogP) is 3.81. The Bertz CT molecular complexity index is 724. The molecule has 0 fully saturated rings. The number of aryl methyl sites for hydroxylation is 1. The van der Waals surface area contributed by atoms with Crippen molar-refractivity contribution < 1.29 is 9.59 Å². The second kappa shape index (κ2) is 9.02. The molecule has 0 aliphatic rings. The quantitative estimate of drug-likeness (QED) is 0.754. The molecule has 0 spiro atoms. The molecule has 2 aromatic carbocycles. The molecule has 132 valence electrons. The fraction of sp³-hybridized carbons (Fsp3) is 0.333. The Morgan fingerprint density at radius 1 is 0.960 bits per heavy atom. The standard InChI is InChI=1S/C21H26N2O2/c1-15(2)18-11-7-8-16(3)21(18)23-20(25)14-19(24)22-13-12-17-9-5-4-6-10-17/h4-11,15H,12-14H2,1-3H3,(H,22,24)(H,23,25). The van der Waals surface area contributed by atoms with Gasteiger partial charge >= 0.3 is 0 Å². The van der Waals surface area contributed by atoms with Gasteiger partial charge in [0.05, 0.1) is 0 Å². The minimum Gasteiger partial charge on any atom is -0.355 e. The number of anilines is 1. The lowest BCUT2D eigenvalue weighted by Crippen LogP contribution is -2.30. The summed E-state index contributed by atoms with van der Waals surface area (Å²) in [5.41, 5.74) is 4.06. The van der Waals surface area contributed by atoms with Gasteiger partial charge in [-0.3, -0.25) is 9.59 Å². The van der Waals surface area contributed by atoms with E-state index in [1.54, 1.807) is 0 Å². The lowest BCUT2D eigenvalue weighted by molar-refractivity contribution is -0.126. The van der Waals surface area contributed by atoms with Crippen LogP contribution < -0.4 is 10.6 Å². The summed E-state index contributed by atoms with van der Waals surface area (Å²) in [6, 6.07) is 15.9. The van der Waals surface area contributed by atoms with E-state index < -0.39 is 0 Å². The molecular weight excluding hydrogens is 312 g/mol. The van der Waals surface area contributed by atoms with Gasteiger partial charge in [-0.2, -0.15) is 0 Å². The fourth-order valence-corrected chi connectivity index (χ4v) is 2.73. The van der Waals surface area contributed by atoms with Crippen LogP contribution in [0.4, 0.5) is 5.69 Å². The summed E-state index contributed by atoms with van der Waals surface area (Å²) >= 11 is 0. The number of amides is 2. The smallest absolute Gasteiger partial charge is 0.233 e. The number of benzene rings is 2. The number of hydrogen-bond acceptors (Lipinski definition) is 2. The third-order valence-electron chi connectivity index (χ3n) is 4.09. The van der Waals surface area contributed by atoms with E-state index in [0.717, 1.165) is 28.8 Å². The highest BCUT2D eigenvalue weighted by Gasteiger charge is 2.14. The summed E-state index contributed by atoms with van der Waals surface area (Å²) in [5.74, 6) is -0.239. The van der Waals surface area contributed by atoms with Crippen LogP contribution in [0.25, 0.3) is 0 Å². The maximum atomic E-state index is 12.2. The van der Waals surface area contributed by atoms with Crippen molar-refractivity contribution in [1.29, 1.82) is 0 Å². The van der Waals surface area contributed by atoms with Gasteiger partial charge in [-0.25, -0.2) is 0 Å². The maximum Gasteiger partial charge on any atom is 0.233 e. The van der Waals surface area contributed by atoms with Crippen molar-refractivity contribution in [3.63, 3.8) is 0 Å². The van der Waals surface area contributed by atoms with Gasteiger partial charge in [0, 0.05) is 12.2 Å². The molecule has 2 N–H and O–H groups in total. The number of para-hydroxylation sites is 1. The molecule has 0 aliphatic carbocycles. The van der Waals surface area contributed by atoms with Gasteiger partial charge in [0.25, 0.3) is 0 Å². The molecule has 2 rings (SSSR count). The van der Waals surface area contributed by atoms with Crippen LogP contribution in [0.1, 0.15) is 42.9 Å². The first-order valence-electron chi connectivity index (χ1n) is 8.67. The van der Waals surface area contributed by atoms with E-state index in [4.69, 9.17) is 0 Å². The summed E-state index contributed by atoms with van der Waals surface area (Å²) in [7, 11) is 0. The molecule has 2 amide bonds. The summed E-state index contributed by atoms with van der Waals surface area (Å²) in [6.07, 6.45) is 0.587. The summed E-state index contributed by atoms with van der Waals surface area (Å²) < 4.78 is 0. The first kappa shape index (κ1) is 18.7. The number of hydrogen-bond donors (Lipinski definition) is 2. The van der Waals surface area contributed by atoms with E-state index in [1.807, 2.05) is 55.5 Å². The van der Waals surface area contributed by atoms with Crippen LogP contribution in [0.5, 0.6) is 0 Å². The summed E-state index contributed by atoms with van der Waals surface area (Å²) in [4.78, 5) is 24.2. The molecule has 0 atom stereocenters. The minimum absolute atomic E-state index is 0.166. The molecule has 0 heterocycles. The Labute approximate surface area is 149 Å². The Morgan fingerprint density at radius 3 is 2.36 bits per heavy atom. The number of rotatable bonds is 7. The first-order valence-corrected chi connectivity index (χ1v) is 8.67. The van der Waals surface area contributed by atoms with Crippen molar-refractivity contribution in [3.8, 4) is 0 Å². The monoisotopic (exact) mass is 338 g/mol. The Hall–Kier alpha value is -2.62. The lowest BCUT2D eigenvalue weighted by atomic mass is 9.98. The summed E-state index contributed by atoms with van der Waals surface area (Å²) in [6.45, 7) is 6.65. The van der Waals surface area contributed by atoms with Gasteiger partial charge in [-0.05, 0) is 36.0 Å². The van der Waals surface area contributed by atoms with Crippen molar-refractivity contribution in [3.05, 3.63) is 65.2 Å². The Morgan fingerprint density at radius 2 is 1.68 bits per heavy atom. The number of carbonyl (C=O) groups excluding carboxylic acids is 2. The second-order valence-electron chi connectivity index (χ2n) is 6.50. The SMILES string of the molecule is Cc1cccc(C(C)C)c1NC(=O)CC(=O)NCCc1ccccc1. The van der Waals surface area contributed by atoms with Crippen molar-refractivity contribution in [2.24, 2.45) is 0 Å². The molecule has 0 bridgehead atoms. The maximum absolute atomic E-state index is 12.2. The van der Waals surface area contributed by atoms with E-state index in [9.17, 15) is 9.59 Å². The van der Waals surface area contributed by atoms with Crippen LogP contribution >= 0.6 is 0 Å². The van der Waals surface area contributed by atoms with Crippen molar-refractivity contribution in [2.75, 3.05) is 11.9 Å². The normalized spacial score (nSPS) is 10.6. The second-order valence-corrected chi connectivity index (χ2v) is 6.50. The average Bonchev–Trinajstić information content (AvgIpc) is 2.57. The van der Waals surface area contributed by atoms with E-state index >= 15 is 0 Å². The Kier molecular flexibility index (Phi) is 6.75. The first-order chi connectivity index (χ1) is 12.0. The third kappa shape index (κ3) is 5.75. The molecule has 0 unspecified atom stereocenters. The molecule has 2 aromatic rings. The highest BCUT2D eigenvalue weighted by atomic mass is 16.2. The van der Waals surface area contributed by atoms with E-state index in [2.05, 4.69) is 24.5 Å². The van der Waals surface area contributed by atoms with Gasteiger partial charge in [0.2, 0.25) is 11.8 Å². The molecule has 4 nitrogen and oxygen atoms in total. The zero-order valence-corrected chi connectivity index (χ0v) is 15.1. The number of nitrogens with one attached hydrogen (secondary N) is 2. The Balaban J connectivity index is 1.85. The van der Waals surface area contributed by atoms with Crippen LogP contribution in [-0.2, 0) is 16.0 Å². The predicted molar refractivity (Wildman–Crippen MR) is 102 cm³/mol. The van der Waals surface area contributed by atoms with Crippen LogP contribution in [0.3, 0.4) is 0 Å². The van der Waals surface area contributed by atoms with Crippen molar-refractivity contribution in [2.45, 2.75) is 39.5 Å². The van der Waals surface area contributed by atoms with Crippen LogP contribution in [0.2, 0.25) is 0 Å². The highest BCUT2D eigenvalue weighted by molar-refractivity contribution is 6.04. The molecule has 4 heteroatoms. The van der Waals surface area contributed by atoms with Crippen LogP contribution in [-0.4, -0.2) is 18.4 Å². The lowest BCUT2D eigenvalue weighted by Gasteiger charge is -2.16. The third-order valence-corrected chi connectivity index (χ3v) is 4.09. The van der Waals surface area contributed by atoms with Crippen LogP contribution in [0, 0.1) is 6.92 Å². The molecular formula is C21H26N2O2. The van der Waals surface area contributed by atoms with Gasteiger partial charge < -0.3 is 10.6 Å². The van der Waals surface area contributed by atoms with E-state index in [0.29, 0.717) is 12.5 Å². The van der Waals surface area contributed by atoms with Gasteiger partial charge in [0.15, 0.2) is 0 Å². The van der Waals surface area contributed by atoms with Crippen molar-refractivity contribution >= 4 is 17.5 Å². The highest BCUT2D eigenvalue weighted by Crippen LogP contribution is 2.27. The van der Waals surface area contributed by atoms with Crippen LogP contribution in [0.15, 0.2) is 48.5 Å². The zero-order valence-electron chi connectivity index (χ0n) is 15.1. The summed E-state index contributed by atoms with van der Waals surface area (Å²) in [5, 5.41) is 5.70. The number of carbonyl (C=O) groups is 2. The largest absolute Gasteiger partial charge is 0.355 e. The fourth-order valence-electron chi connectivity index (χ4n) is 2.73. The minimum atomic E-state index is -0.284. The van der Waals surface area contributed by atoms with E-state index in [-0.39, 0.29) is 18.2 Å². The molecule has 0 aromatic heterocycles. The average molecular weight is 338 g/mol. The topological polar surface area (TPSA) is 58.2 Å². The van der Waals surface area contributed by atoms with Crippen molar-refractivity contribution in [1.82, 2.24) is 5.32 Å². The molecule has 0 radical (unpaired) electrons. The van der Waals surface area contributed by atoms with Gasteiger partial charge in [-0.15, -0.1) is 0 Å². The molecule has 0 aliphatic heterocycles. The van der Waals surface area contributed by atoms with Gasteiger partial charge in [0.1, 0.15) is 6.42 Å². The molecule has 25 heavy (non-hydrogen) atoms. The zero-order chi connectivity index (χ0) is 18.2. The molecule has 0 saturated carbocycles. The van der Waals surface area contributed by atoms with Gasteiger partial charge in [-0.1, -0.05) is 62.4 Å².